The number of aryl methyl sites for hydroxylation is 1. The number of rotatable bonds is 12. The number of aliphatic hydroxyl groups excluding tert-OH is 2. The fraction of sp³-hybridized carbons (Fsp3) is 0.480. The van der Waals surface area contributed by atoms with Crippen molar-refractivity contribution in [3.63, 3.8) is 0 Å². The molecule has 2 aromatic heterocycles. The van der Waals surface area contributed by atoms with E-state index >= 15 is 0 Å². The van der Waals surface area contributed by atoms with Crippen molar-refractivity contribution >= 4 is 34.7 Å². The maximum absolute atomic E-state index is 12.2. The van der Waals surface area contributed by atoms with Crippen molar-refractivity contribution in [3.8, 4) is 0 Å². The fourth-order valence-corrected chi connectivity index (χ4v) is 4.33. The Morgan fingerprint density at radius 3 is 2.46 bits per heavy atom. The van der Waals surface area contributed by atoms with Crippen molar-refractivity contribution in [2.75, 3.05) is 37.2 Å². The van der Waals surface area contributed by atoms with E-state index in [1.807, 2.05) is 24.3 Å². The van der Waals surface area contributed by atoms with E-state index < -0.39 is 30.4 Å². The van der Waals surface area contributed by atoms with Crippen LogP contribution in [0.3, 0.4) is 0 Å². The lowest BCUT2D eigenvalue weighted by Gasteiger charge is -2.16. The van der Waals surface area contributed by atoms with Gasteiger partial charge in [0.05, 0.1) is 6.33 Å². The summed E-state index contributed by atoms with van der Waals surface area (Å²) in [6, 6.07) is 8.02. The highest BCUT2D eigenvalue weighted by Gasteiger charge is 2.47. The number of hydrogen-bond acceptors (Lipinski definition) is 11. The minimum Gasteiger partial charge on any atom is -0.387 e. The molecular weight excluding hydrogens is 506 g/mol. The Morgan fingerprint density at radius 1 is 1.05 bits per heavy atom. The summed E-state index contributed by atoms with van der Waals surface area (Å²) < 4.78 is 7.12. The number of nitrogen functional groups attached to an aromatic ring is 1. The highest BCUT2D eigenvalue weighted by Crippen LogP contribution is 2.32. The number of fused-ring (bicyclic) bond motifs is 1. The Hall–Kier alpha value is -3.85. The van der Waals surface area contributed by atoms with E-state index in [-0.39, 0.29) is 23.3 Å². The van der Waals surface area contributed by atoms with Crippen LogP contribution in [0.1, 0.15) is 30.7 Å². The first-order chi connectivity index (χ1) is 18.8. The molecule has 39 heavy (non-hydrogen) atoms. The third-order valence-corrected chi connectivity index (χ3v) is 6.40. The van der Waals surface area contributed by atoms with Crippen LogP contribution in [-0.2, 0) is 27.2 Å². The number of carbonyl (C=O) groups excluding carboxylic acids is 2. The van der Waals surface area contributed by atoms with Gasteiger partial charge < -0.3 is 42.4 Å². The number of ether oxygens (including phenoxy) is 1. The minimum absolute atomic E-state index is 0.0155. The van der Waals surface area contributed by atoms with Crippen LogP contribution in [0.15, 0.2) is 30.6 Å². The number of aliphatic hydroxyl groups is 2. The van der Waals surface area contributed by atoms with Crippen LogP contribution in [0.5, 0.6) is 0 Å². The second-order valence-corrected chi connectivity index (χ2v) is 9.21. The summed E-state index contributed by atoms with van der Waals surface area (Å²) in [6.45, 7) is 3.52. The lowest BCUT2D eigenvalue weighted by atomic mass is 10.1. The van der Waals surface area contributed by atoms with Gasteiger partial charge >= 0.3 is 0 Å². The predicted molar refractivity (Wildman–Crippen MR) is 143 cm³/mol. The zero-order valence-corrected chi connectivity index (χ0v) is 21.7. The third kappa shape index (κ3) is 6.60. The number of benzene rings is 1. The number of nitrogens with two attached hydrogens (primary N) is 2. The van der Waals surface area contributed by atoms with Crippen molar-refractivity contribution in [1.29, 1.82) is 0 Å². The van der Waals surface area contributed by atoms with Gasteiger partial charge in [0.2, 0.25) is 11.9 Å². The van der Waals surface area contributed by atoms with Gasteiger partial charge in [0, 0.05) is 32.6 Å². The first kappa shape index (κ1) is 28.2. The lowest BCUT2D eigenvalue weighted by molar-refractivity contribution is -0.137. The molecule has 1 saturated heterocycles. The molecule has 1 aliphatic rings. The molecule has 14 heteroatoms. The predicted octanol–water partition coefficient (Wildman–Crippen LogP) is -1.17. The maximum atomic E-state index is 12.2. The second-order valence-electron chi connectivity index (χ2n) is 9.21. The third-order valence-electron chi connectivity index (χ3n) is 6.40. The highest BCUT2D eigenvalue weighted by molar-refractivity contribution is 5.83. The molecule has 0 saturated carbocycles. The molecule has 1 aliphatic heterocycles. The molecule has 4 atom stereocenters. The normalized spacial score (nSPS) is 20.7. The Bertz CT molecular complexity index is 1280. The van der Waals surface area contributed by atoms with Crippen molar-refractivity contribution in [2.24, 2.45) is 5.73 Å². The molecule has 0 radical (unpaired) electrons. The van der Waals surface area contributed by atoms with Crippen LogP contribution in [0, 0.1) is 0 Å². The van der Waals surface area contributed by atoms with E-state index in [1.54, 1.807) is 6.92 Å². The molecule has 4 rings (SSSR count). The quantitative estimate of drug-likeness (QED) is 0.145. The molecular formula is C25H35N9O5. The number of aromatic nitrogens is 4. The van der Waals surface area contributed by atoms with Gasteiger partial charge in [-0.15, -0.1) is 0 Å². The molecule has 0 aliphatic carbocycles. The van der Waals surface area contributed by atoms with Crippen molar-refractivity contribution in [3.05, 3.63) is 41.7 Å². The largest absolute Gasteiger partial charge is 0.387 e. The molecule has 210 valence electrons. The molecule has 3 heterocycles. The zero-order valence-electron chi connectivity index (χ0n) is 21.7. The average molecular weight is 542 g/mol. The molecule has 0 spiro atoms. The van der Waals surface area contributed by atoms with E-state index in [0.717, 1.165) is 11.1 Å². The van der Waals surface area contributed by atoms with Gasteiger partial charge in [-0.25, -0.2) is 4.98 Å². The number of nitrogens with one attached hydrogen (secondary N) is 3. The number of anilines is 2. The van der Waals surface area contributed by atoms with Crippen LogP contribution >= 0.6 is 0 Å². The molecule has 1 fully saturated rings. The first-order valence-electron chi connectivity index (χ1n) is 12.9. The summed E-state index contributed by atoms with van der Waals surface area (Å²) in [7, 11) is 0. The van der Waals surface area contributed by atoms with Gasteiger partial charge in [-0.2, -0.15) is 9.97 Å². The molecule has 14 nitrogen and oxygen atoms in total. The summed E-state index contributed by atoms with van der Waals surface area (Å²) in [5.74, 6) is -0.142. The Morgan fingerprint density at radius 2 is 1.77 bits per heavy atom. The number of carbonyl (C=O) groups is 2. The topological polar surface area (TPSA) is 216 Å². The number of imidazole rings is 1. The number of amides is 2. The Labute approximate surface area is 225 Å². The number of nitrogens with zero attached hydrogens (tertiary/aromatic N) is 4. The monoisotopic (exact) mass is 541 g/mol. The van der Waals surface area contributed by atoms with Crippen molar-refractivity contribution < 1.29 is 24.5 Å². The number of likely N-dealkylation sites (N-methyl/N-ethyl adjacent to an activating group) is 1. The van der Waals surface area contributed by atoms with Gasteiger partial charge in [0.25, 0.3) is 5.91 Å². The van der Waals surface area contributed by atoms with Gasteiger partial charge in [0.15, 0.2) is 23.8 Å². The van der Waals surface area contributed by atoms with E-state index in [2.05, 4.69) is 30.9 Å². The minimum atomic E-state index is -1.42. The first-order valence-corrected chi connectivity index (χ1v) is 12.9. The van der Waals surface area contributed by atoms with Crippen LogP contribution in [0.25, 0.3) is 11.2 Å². The van der Waals surface area contributed by atoms with E-state index in [4.69, 9.17) is 16.2 Å². The molecule has 1 aromatic carbocycles. The Kier molecular flexibility index (Phi) is 9.24. The summed E-state index contributed by atoms with van der Waals surface area (Å²) >= 11 is 0. The maximum Gasteiger partial charge on any atom is 0.252 e. The van der Waals surface area contributed by atoms with Gasteiger partial charge in [-0.1, -0.05) is 24.3 Å². The highest BCUT2D eigenvalue weighted by atomic mass is 16.6. The SMILES string of the molecule is CCNC(=O)C1OC(n2cnc3c(N)nc(NCCc4ccc(CCC(=O)NCCN)cc4)nc32)C(O)C1O. The van der Waals surface area contributed by atoms with Crippen molar-refractivity contribution in [1.82, 2.24) is 30.2 Å². The number of hydrogen-bond donors (Lipinski definition) is 7. The lowest BCUT2D eigenvalue weighted by Crippen LogP contribution is -2.42. The van der Waals surface area contributed by atoms with E-state index in [9.17, 15) is 19.8 Å². The van der Waals surface area contributed by atoms with Crippen LogP contribution in [0.2, 0.25) is 0 Å². The molecule has 9 N–H and O–H groups in total. The Balaban J connectivity index is 1.38. The summed E-state index contributed by atoms with van der Waals surface area (Å²) in [6.07, 6.45) is -2.01. The standard InChI is InChI=1S/C25H35N9O5/c1-2-28-23(38)20-18(36)19(37)24(39-20)34-13-31-17-21(27)32-25(33-22(17)34)30-11-9-15-5-3-14(4-6-15)7-8-16(35)29-12-10-26/h3-6,13,18-20,24,36-37H,2,7-12,26H2,1H3,(H,28,38)(H,29,35)(H3,27,30,32,33). The van der Waals surface area contributed by atoms with Gasteiger partial charge in [-0.3, -0.25) is 14.2 Å². The van der Waals surface area contributed by atoms with E-state index in [0.29, 0.717) is 51.0 Å². The van der Waals surface area contributed by atoms with Gasteiger partial charge in [-0.05, 0) is 30.9 Å². The fourth-order valence-electron chi connectivity index (χ4n) is 4.33. The molecule has 2 amide bonds. The van der Waals surface area contributed by atoms with Gasteiger partial charge in [0.1, 0.15) is 17.7 Å². The summed E-state index contributed by atoms with van der Waals surface area (Å²) in [5.41, 5.74) is 14.3. The average Bonchev–Trinajstić information content (AvgIpc) is 3.48. The summed E-state index contributed by atoms with van der Waals surface area (Å²) in [5, 5.41) is 29.4. The zero-order chi connectivity index (χ0) is 27.9. The summed E-state index contributed by atoms with van der Waals surface area (Å²) in [4.78, 5) is 37.0. The van der Waals surface area contributed by atoms with Crippen LogP contribution in [-0.4, -0.2) is 86.0 Å². The van der Waals surface area contributed by atoms with Crippen molar-refractivity contribution in [2.45, 2.75) is 50.7 Å². The molecule has 0 bridgehead atoms. The smallest absolute Gasteiger partial charge is 0.252 e. The van der Waals surface area contributed by atoms with E-state index in [1.165, 1.54) is 10.9 Å². The van der Waals surface area contributed by atoms with Crippen LogP contribution in [0.4, 0.5) is 11.8 Å². The molecule has 4 unspecified atom stereocenters. The van der Waals surface area contributed by atoms with Crippen LogP contribution < -0.4 is 27.4 Å². The second kappa shape index (κ2) is 12.8. The molecule has 3 aromatic rings.